The van der Waals surface area contributed by atoms with Crippen molar-refractivity contribution in [2.45, 2.75) is 193 Å². The Hall–Kier alpha value is -0.430. The zero-order valence-electron chi connectivity index (χ0n) is 28.6. The Kier molecular flexibility index (Phi) is 28.5. The number of allylic oxidation sites excluding steroid dienone is 8. The number of rotatable bonds is 30. The number of unbranched alkanes of at least 4 members (excludes halogenated alkanes) is 16. The summed E-state index contributed by atoms with van der Waals surface area (Å²) in [6, 6.07) is 0. The summed E-state index contributed by atoms with van der Waals surface area (Å²) >= 11 is 2.23. The summed E-state index contributed by atoms with van der Waals surface area (Å²) < 4.78 is 19.1. The molecular weight excluding hydrogens is 643 g/mol. The molecule has 0 aromatic carbocycles. The van der Waals surface area contributed by atoms with Crippen LogP contribution in [0.2, 0.25) is 0 Å². The first kappa shape index (κ1) is 40.6. The Morgan fingerprint density at radius 2 is 0.860 bits per heavy atom. The quantitative estimate of drug-likeness (QED) is 0.0321. The average molecular weight is 713 g/mol. The van der Waals surface area contributed by atoms with Crippen molar-refractivity contribution in [3.63, 3.8) is 0 Å². The molecule has 0 aromatic heterocycles. The van der Waals surface area contributed by atoms with Gasteiger partial charge in [0, 0.05) is 6.92 Å². The summed E-state index contributed by atoms with van der Waals surface area (Å²) in [5.41, 5.74) is 0. The van der Waals surface area contributed by atoms with Crippen LogP contribution < -0.4 is 0 Å². The topological polar surface area (TPSA) is 27.7 Å². The number of halogens is 1. The highest BCUT2D eigenvalue weighted by Gasteiger charge is 2.44. The lowest BCUT2D eigenvalue weighted by Gasteiger charge is -2.22. The summed E-state index contributed by atoms with van der Waals surface area (Å²) in [6.45, 7) is 6.47. The van der Waals surface area contributed by atoms with Crippen molar-refractivity contribution in [2.24, 2.45) is 0 Å². The second-order valence-corrected chi connectivity index (χ2v) is 13.1. The van der Waals surface area contributed by atoms with Crippen molar-refractivity contribution in [3.05, 3.63) is 48.6 Å². The molecule has 2 unspecified atom stereocenters. The molecule has 2 atom stereocenters. The molecule has 1 aliphatic heterocycles. The van der Waals surface area contributed by atoms with Gasteiger partial charge < -0.3 is 14.2 Å². The van der Waals surface area contributed by atoms with Gasteiger partial charge in [-0.1, -0.05) is 162 Å². The van der Waals surface area contributed by atoms with E-state index in [-0.39, 0.29) is 12.2 Å². The van der Waals surface area contributed by atoms with Gasteiger partial charge in [-0.15, -0.1) is 0 Å². The van der Waals surface area contributed by atoms with Crippen molar-refractivity contribution in [2.75, 3.05) is 4.61 Å². The van der Waals surface area contributed by atoms with E-state index in [9.17, 15) is 0 Å². The normalized spacial score (nSPS) is 21.1. The minimum Gasteiger partial charge on any atom is -0.322 e. The Morgan fingerprint density at radius 1 is 0.512 bits per heavy atom. The molecule has 0 saturated carbocycles. The van der Waals surface area contributed by atoms with E-state index in [1.165, 1.54) is 128 Å². The Bertz CT molecular complexity index is 659. The van der Waals surface area contributed by atoms with E-state index in [1.54, 1.807) is 0 Å². The van der Waals surface area contributed by atoms with Crippen molar-refractivity contribution in [1.82, 2.24) is 0 Å². The maximum atomic E-state index is 6.32. The minimum atomic E-state index is -0.870. The lowest BCUT2D eigenvalue weighted by Crippen LogP contribution is -2.30. The highest BCUT2D eigenvalue weighted by molar-refractivity contribution is 14.1. The van der Waals surface area contributed by atoms with Crippen molar-refractivity contribution < 1.29 is 14.2 Å². The third-order valence-electron chi connectivity index (χ3n) is 8.34. The average Bonchev–Trinajstić information content (AvgIpc) is 3.31. The highest BCUT2D eigenvalue weighted by atomic mass is 127. The van der Waals surface area contributed by atoms with Gasteiger partial charge in [-0.2, -0.15) is 0 Å². The van der Waals surface area contributed by atoms with Gasteiger partial charge in [-0.25, -0.2) is 0 Å². The third-order valence-corrected chi connectivity index (χ3v) is 8.65. The number of alkyl halides is 1. The van der Waals surface area contributed by atoms with E-state index in [0.717, 1.165) is 25.7 Å². The van der Waals surface area contributed by atoms with Crippen LogP contribution in [0.4, 0.5) is 0 Å². The summed E-state index contributed by atoms with van der Waals surface area (Å²) in [5, 5.41) is 0. The van der Waals surface area contributed by atoms with Gasteiger partial charge >= 0.3 is 0 Å². The van der Waals surface area contributed by atoms with Gasteiger partial charge in [0.2, 0.25) is 0 Å². The fourth-order valence-corrected chi connectivity index (χ4v) is 6.27. The van der Waals surface area contributed by atoms with Crippen LogP contribution in [-0.4, -0.2) is 22.8 Å². The summed E-state index contributed by atoms with van der Waals surface area (Å²) in [7, 11) is 0. The van der Waals surface area contributed by atoms with Crippen LogP contribution in [0.3, 0.4) is 0 Å². The number of hydrogen-bond donors (Lipinski definition) is 0. The minimum absolute atomic E-state index is 0.164. The van der Waals surface area contributed by atoms with Crippen LogP contribution in [0.5, 0.6) is 0 Å². The first-order valence-corrected chi connectivity index (χ1v) is 19.8. The first-order chi connectivity index (χ1) is 21.1. The number of ether oxygens (including phenoxy) is 3. The Morgan fingerprint density at radius 3 is 1.23 bits per heavy atom. The van der Waals surface area contributed by atoms with E-state index in [2.05, 4.69) is 85.0 Å². The van der Waals surface area contributed by atoms with Crippen molar-refractivity contribution in [3.8, 4) is 0 Å². The number of hydrogen-bond acceptors (Lipinski definition) is 3. The molecule has 1 rings (SSSR count). The molecule has 1 aliphatic rings. The SMILES string of the molecule is CCCCC/C=C\C/C=C\CCCCCCCC1OC(C)(OCI)OC1CCCCCCC/C=C\C/C=C\CCCCC. The van der Waals surface area contributed by atoms with Gasteiger partial charge in [0.15, 0.2) is 0 Å². The monoisotopic (exact) mass is 712 g/mol. The molecule has 250 valence electrons. The van der Waals surface area contributed by atoms with E-state index < -0.39 is 5.97 Å². The molecule has 0 N–H and O–H groups in total. The molecule has 0 spiro atoms. The fourth-order valence-electron chi connectivity index (χ4n) is 5.70. The smallest absolute Gasteiger partial charge is 0.281 e. The molecule has 3 nitrogen and oxygen atoms in total. The fraction of sp³-hybridized carbons (Fsp3) is 0.795. The molecule has 1 heterocycles. The summed E-state index contributed by atoms with van der Waals surface area (Å²) in [5.74, 6) is -0.870. The van der Waals surface area contributed by atoms with Crippen LogP contribution in [0.1, 0.15) is 175 Å². The second-order valence-electron chi connectivity index (χ2n) is 12.5. The molecule has 1 fully saturated rings. The van der Waals surface area contributed by atoms with E-state index >= 15 is 0 Å². The van der Waals surface area contributed by atoms with Gasteiger partial charge in [-0.05, 0) is 77.0 Å². The van der Waals surface area contributed by atoms with Crippen LogP contribution in [0.25, 0.3) is 0 Å². The predicted molar refractivity (Wildman–Crippen MR) is 197 cm³/mol. The lowest BCUT2D eigenvalue weighted by atomic mass is 9.99. The molecule has 0 bridgehead atoms. The summed E-state index contributed by atoms with van der Waals surface area (Å²) in [4.78, 5) is 0. The maximum absolute atomic E-state index is 6.32. The molecule has 0 amide bonds. The van der Waals surface area contributed by atoms with Crippen molar-refractivity contribution >= 4 is 22.6 Å². The second kappa shape index (κ2) is 30.2. The first-order valence-electron chi connectivity index (χ1n) is 18.3. The van der Waals surface area contributed by atoms with Crippen LogP contribution >= 0.6 is 22.6 Å². The molecule has 43 heavy (non-hydrogen) atoms. The van der Waals surface area contributed by atoms with Crippen LogP contribution in [-0.2, 0) is 14.2 Å². The standard InChI is InChI=1S/C39H69IO3/c1-4-6-8-10-12-14-16-18-20-22-24-26-28-30-32-34-37-38(43-39(3,42-37)41-36-40)35-33-31-29-27-25-23-21-19-17-15-13-11-9-7-5-2/h12-15,18-21,37-38H,4-11,16-17,22-36H2,1-3H3/b14-12-,15-13-,20-18-,21-19-. The van der Waals surface area contributed by atoms with Gasteiger partial charge in [-0.3, -0.25) is 0 Å². The van der Waals surface area contributed by atoms with Gasteiger partial charge in [0.25, 0.3) is 5.97 Å². The van der Waals surface area contributed by atoms with Crippen LogP contribution in [0.15, 0.2) is 48.6 Å². The lowest BCUT2D eigenvalue weighted by molar-refractivity contribution is -0.320. The summed E-state index contributed by atoms with van der Waals surface area (Å²) in [6.07, 6.45) is 49.1. The van der Waals surface area contributed by atoms with E-state index in [0.29, 0.717) is 4.61 Å². The molecule has 1 saturated heterocycles. The zero-order chi connectivity index (χ0) is 31.1. The third kappa shape index (κ3) is 24.5. The zero-order valence-corrected chi connectivity index (χ0v) is 30.7. The maximum Gasteiger partial charge on any atom is 0.281 e. The van der Waals surface area contributed by atoms with E-state index in [4.69, 9.17) is 14.2 Å². The molecule has 4 heteroatoms. The van der Waals surface area contributed by atoms with E-state index in [1.807, 2.05) is 6.92 Å². The Labute approximate surface area is 281 Å². The molecular formula is C39H69IO3. The van der Waals surface area contributed by atoms with Gasteiger partial charge in [0.05, 0.1) is 12.2 Å². The van der Waals surface area contributed by atoms with Gasteiger partial charge in [0.1, 0.15) is 4.61 Å². The largest absolute Gasteiger partial charge is 0.322 e. The van der Waals surface area contributed by atoms with Crippen molar-refractivity contribution in [1.29, 1.82) is 0 Å². The molecule has 0 aromatic rings. The molecule has 0 aliphatic carbocycles. The predicted octanol–water partition coefficient (Wildman–Crippen LogP) is 13.5. The van der Waals surface area contributed by atoms with Crippen LogP contribution in [0, 0.1) is 0 Å². The highest BCUT2D eigenvalue weighted by Crippen LogP contribution is 2.35. The Balaban J connectivity index is 2.11. The molecule has 0 radical (unpaired) electrons.